The minimum Gasteiger partial charge on any atom is -0.460 e. The van der Waals surface area contributed by atoms with Gasteiger partial charge in [-0.25, -0.2) is 22.4 Å². The average Bonchev–Trinajstić information content (AvgIpc) is 2.85. The summed E-state index contributed by atoms with van der Waals surface area (Å²) in [6, 6.07) is 2.91. The number of ether oxygens (including phenoxy) is 2. The lowest BCUT2D eigenvalue weighted by Crippen LogP contribution is -2.31. The lowest BCUT2D eigenvalue weighted by atomic mass is 10.2. The lowest BCUT2D eigenvalue weighted by molar-refractivity contribution is -0.147. The fraction of sp³-hybridized carbons (Fsp3) is 0.500. The summed E-state index contributed by atoms with van der Waals surface area (Å²) < 4.78 is 50.0. The normalized spacial score (nSPS) is 20.6. The number of sulfonamides is 1. The molecule has 9 heteroatoms. The zero-order chi connectivity index (χ0) is 18.8. The summed E-state index contributed by atoms with van der Waals surface area (Å²) >= 11 is 0. The second-order valence-corrected chi connectivity index (χ2v) is 7.55. The lowest BCUT2D eigenvalue weighted by Gasteiger charge is -2.19. The van der Waals surface area contributed by atoms with Crippen molar-refractivity contribution in [2.24, 2.45) is 0 Å². The van der Waals surface area contributed by atoms with Gasteiger partial charge in [0.1, 0.15) is 11.9 Å². The van der Waals surface area contributed by atoms with Crippen molar-refractivity contribution in [1.82, 2.24) is 4.31 Å². The Morgan fingerprint density at radius 2 is 2.00 bits per heavy atom. The van der Waals surface area contributed by atoms with Crippen LogP contribution in [-0.4, -0.2) is 50.0 Å². The average molecular weight is 373 g/mol. The highest BCUT2D eigenvalue weighted by atomic mass is 32.2. The number of esters is 2. The molecular formula is C16H20FNO6S. The van der Waals surface area contributed by atoms with Crippen LogP contribution in [0.4, 0.5) is 4.39 Å². The van der Waals surface area contributed by atoms with Crippen LogP contribution >= 0.6 is 0 Å². The Kier molecular flexibility index (Phi) is 5.79. The van der Waals surface area contributed by atoms with E-state index in [0.29, 0.717) is 0 Å². The van der Waals surface area contributed by atoms with E-state index in [4.69, 9.17) is 9.47 Å². The van der Waals surface area contributed by atoms with Crippen LogP contribution in [0.1, 0.15) is 37.6 Å². The molecule has 0 amide bonds. The van der Waals surface area contributed by atoms with Crippen LogP contribution < -0.4 is 0 Å². The molecule has 25 heavy (non-hydrogen) atoms. The number of halogens is 1. The van der Waals surface area contributed by atoms with E-state index >= 15 is 0 Å². The molecule has 7 nitrogen and oxygen atoms in total. The Labute approximate surface area is 145 Å². The number of cyclic esters (lactones) is 1. The molecule has 1 aliphatic heterocycles. The summed E-state index contributed by atoms with van der Waals surface area (Å²) in [4.78, 5) is 23.5. The van der Waals surface area contributed by atoms with Gasteiger partial charge in [0.05, 0.1) is 10.5 Å². The summed E-state index contributed by atoms with van der Waals surface area (Å²) in [6.07, 6.45) is -1.35. The highest BCUT2D eigenvalue weighted by Crippen LogP contribution is 2.23. The van der Waals surface area contributed by atoms with Crippen LogP contribution in [0.25, 0.3) is 0 Å². The number of benzene rings is 1. The van der Waals surface area contributed by atoms with Gasteiger partial charge < -0.3 is 9.47 Å². The first-order valence-corrected chi connectivity index (χ1v) is 9.35. The van der Waals surface area contributed by atoms with Crippen LogP contribution in [0.5, 0.6) is 0 Å². The fourth-order valence-corrected chi connectivity index (χ4v) is 4.03. The van der Waals surface area contributed by atoms with Crippen molar-refractivity contribution in [2.75, 3.05) is 13.1 Å². The third-order valence-corrected chi connectivity index (χ3v) is 5.92. The van der Waals surface area contributed by atoms with Gasteiger partial charge in [-0.3, -0.25) is 0 Å². The van der Waals surface area contributed by atoms with Gasteiger partial charge in [-0.05, 0) is 25.1 Å². The van der Waals surface area contributed by atoms with Gasteiger partial charge in [0.15, 0.2) is 0 Å². The molecule has 0 bridgehead atoms. The molecule has 0 aliphatic carbocycles. The first-order valence-electron chi connectivity index (χ1n) is 7.91. The van der Waals surface area contributed by atoms with E-state index < -0.39 is 45.6 Å². The van der Waals surface area contributed by atoms with Crippen LogP contribution in [0.3, 0.4) is 0 Å². The molecule has 2 atom stereocenters. The standard InChI is InChI=1S/C16H20FNO6S/c1-4-18(5-2)25(21,22)11-6-7-13(17)12(9-11)15(19)24-14-8-10(3)23-16(14)20/h6-7,9-10,14H,4-5,8H2,1-3H3/t10-,14-/m1/s1. The number of hydrogen-bond donors (Lipinski definition) is 0. The number of nitrogens with zero attached hydrogens (tertiary/aromatic N) is 1. The molecule has 1 fully saturated rings. The van der Waals surface area contributed by atoms with E-state index in [1.807, 2.05) is 0 Å². The van der Waals surface area contributed by atoms with Gasteiger partial charge in [-0.2, -0.15) is 4.31 Å². The maximum absolute atomic E-state index is 14.0. The van der Waals surface area contributed by atoms with E-state index in [-0.39, 0.29) is 24.4 Å². The molecule has 0 spiro atoms. The summed E-state index contributed by atoms with van der Waals surface area (Å²) in [5.41, 5.74) is -0.541. The molecule has 138 valence electrons. The number of hydrogen-bond acceptors (Lipinski definition) is 6. The SMILES string of the molecule is CCN(CC)S(=O)(=O)c1ccc(F)c(C(=O)O[C@@H]2C[C@@H](C)OC2=O)c1. The molecule has 1 aromatic rings. The van der Waals surface area contributed by atoms with Crippen LogP contribution in [0, 0.1) is 5.82 Å². The molecule has 2 rings (SSSR count). The van der Waals surface area contributed by atoms with Crippen molar-refractivity contribution in [3.63, 3.8) is 0 Å². The van der Waals surface area contributed by atoms with Crippen LogP contribution in [0.2, 0.25) is 0 Å². The summed E-state index contributed by atoms with van der Waals surface area (Å²) in [6.45, 7) is 5.46. The van der Waals surface area contributed by atoms with Crippen LogP contribution in [0.15, 0.2) is 23.1 Å². The zero-order valence-electron chi connectivity index (χ0n) is 14.2. The maximum atomic E-state index is 14.0. The van der Waals surface area contributed by atoms with Crippen molar-refractivity contribution in [3.05, 3.63) is 29.6 Å². The summed E-state index contributed by atoms with van der Waals surface area (Å²) in [5.74, 6) is -2.73. The van der Waals surface area contributed by atoms with Gasteiger partial charge in [-0.1, -0.05) is 13.8 Å². The Morgan fingerprint density at radius 3 is 2.52 bits per heavy atom. The van der Waals surface area contributed by atoms with Crippen molar-refractivity contribution in [1.29, 1.82) is 0 Å². The number of rotatable bonds is 6. The van der Waals surface area contributed by atoms with Gasteiger partial charge in [-0.15, -0.1) is 0 Å². The van der Waals surface area contributed by atoms with Gasteiger partial charge in [0.2, 0.25) is 16.1 Å². The Bertz CT molecular complexity index is 775. The summed E-state index contributed by atoms with van der Waals surface area (Å²) in [5, 5.41) is 0. The topological polar surface area (TPSA) is 90.0 Å². The van der Waals surface area contributed by atoms with Crippen LogP contribution in [-0.2, 0) is 24.3 Å². The molecule has 0 aromatic heterocycles. The second-order valence-electron chi connectivity index (χ2n) is 5.61. The van der Waals surface area contributed by atoms with E-state index in [9.17, 15) is 22.4 Å². The minimum atomic E-state index is -3.85. The van der Waals surface area contributed by atoms with E-state index in [0.717, 1.165) is 18.2 Å². The summed E-state index contributed by atoms with van der Waals surface area (Å²) in [7, 11) is -3.85. The van der Waals surface area contributed by atoms with E-state index in [1.54, 1.807) is 20.8 Å². The van der Waals surface area contributed by atoms with E-state index in [1.165, 1.54) is 4.31 Å². The van der Waals surface area contributed by atoms with Crippen molar-refractivity contribution < 1.29 is 31.9 Å². The number of carbonyl (C=O) groups excluding carboxylic acids is 2. The highest BCUT2D eigenvalue weighted by Gasteiger charge is 2.36. The third kappa shape index (κ3) is 3.98. The number of carbonyl (C=O) groups is 2. The van der Waals surface area contributed by atoms with Gasteiger partial charge >= 0.3 is 11.9 Å². The molecule has 0 unspecified atom stereocenters. The minimum absolute atomic E-state index is 0.170. The Hall–Kier alpha value is -2.00. The molecule has 1 saturated heterocycles. The second kappa shape index (κ2) is 7.49. The first-order chi connectivity index (χ1) is 11.7. The van der Waals surface area contributed by atoms with Crippen molar-refractivity contribution in [3.8, 4) is 0 Å². The quantitative estimate of drug-likeness (QED) is 0.705. The predicted octanol–water partition coefficient (Wildman–Crippen LogP) is 1.72. The van der Waals surface area contributed by atoms with Crippen molar-refractivity contribution in [2.45, 2.75) is 44.3 Å². The van der Waals surface area contributed by atoms with Gasteiger partial charge in [0, 0.05) is 19.5 Å². The Balaban J connectivity index is 2.30. The largest absolute Gasteiger partial charge is 0.460 e. The molecule has 0 N–H and O–H groups in total. The first kappa shape index (κ1) is 19.3. The third-order valence-electron chi connectivity index (χ3n) is 3.88. The molecule has 0 radical (unpaired) electrons. The molecular weight excluding hydrogens is 353 g/mol. The Morgan fingerprint density at radius 1 is 1.36 bits per heavy atom. The monoisotopic (exact) mass is 373 g/mol. The highest BCUT2D eigenvalue weighted by molar-refractivity contribution is 7.89. The fourth-order valence-electron chi connectivity index (χ4n) is 2.54. The van der Waals surface area contributed by atoms with Crippen molar-refractivity contribution >= 4 is 22.0 Å². The van der Waals surface area contributed by atoms with Gasteiger partial charge in [0.25, 0.3) is 0 Å². The smallest absolute Gasteiger partial charge is 0.347 e. The molecule has 0 saturated carbocycles. The zero-order valence-corrected chi connectivity index (χ0v) is 15.0. The molecule has 1 aliphatic rings. The van der Waals surface area contributed by atoms with E-state index in [2.05, 4.69) is 0 Å². The molecule has 1 aromatic carbocycles. The molecule has 1 heterocycles. The predicted molar refractivity (Wildman–Crippen MR) is 85.9 cm³/mol. The maximum Gasteiger partial charge on any atom is 0.347 e.